The molecule has 0 spiro atoms. The minimum atomic E-state index is 0.497. The Morgan fingerprint density at radius 1 is 0.950 bits per heavy atom. The summed E-state index contributed by atoms with van der Waals surface area (Å²) in [5, 5.41) is 0.726. The van der Waals surface area contributed by atoms with Gasteiger partial charge in [0, 0.05) is 10.6 Å². The Balaban J connectivity index is 2.07. The van der Waals surface area contributed by atoms with Crippen molar-refractivity contribution in [3.8, 4) is 11.3 Å². The lowest BCUT2D eigenvalue weighted by Gasteiger charge is -2.07. The Kier molecular flexibility index (Phi) is 3.41. The number of aromatic nitrogens is 2. The SMILES string of the molecule is CC(C)c1ccc2nc(-c3ccc(Cl)cc3)cnc2c1. The molecule has 0 amide bonds. The molecule has 1 aromatic heterocycles. The lowest BCUT2D eigenvalue weighted by molar-refractivity contribution is 0.868. The zero-order valence-electron chi connectivity index (χ0n) is 11.5. The monoisotopic (exact) mass is 282 g/mol. The smallest absolute Gasteiger partial charge is 0.0894 e. The van der Waals surface area contributed by atoms with Gasteiger partial charge in [0.15, 0.2) is 0 Å². The van der Waals surface area contributed by atoms with Crippen LogP contribution in [-0.2, 0) is 0 Å². The van der Waals surface area contributed by atoms with Gasteiger partial charge in [-0.1, -0.05) is 43.6 Å². The molecule has 20 heavy (non-hydrogen) atoms. The van der Waals surface area contributed by atoms with Crippen LogP contribution < -0.4 is 0 Å². The summed E-state index contributed by atoms with van der Waals surface area (Å²) in [6.07, 6.45) is 1.82. The first-order valence-electron chi connectivity index (χ1n) is 6.66. The van der Waals surface area contributed by atoms with Gasteiger partial charge in [-0.3, -0.25) is 4.98 Å². The lowest BCUT2D eigenvalue weighted by Crippen LogP contribution is -1.92. The largest absolute Gasteiger partial charge is 0.252 e. The van der Waals surface area contributed by atoms with Crippen LogP contribution in [0.15, 0.2) is 48.7 Å². The highest BCUT2D eigenvalue weighted by atomic mass is 35.5. The van der Waals surface area contributed by atoms with Crippen LogP contribution >= 0.6 is 11.6 Å². The maximum Gasteiger partial charge on any atom is 0.0894 e. The second-order valence-electron chi connectivity index (χ2n) is 5.16. The first kappa shape index (κ1) is 13.1. The van der Waals surface area contributed by atoms with Crippen molar-refractivity contribution in [2.24, 2.45) is 0 Å². The maximum atomic E-state index is 5.91. The average Bonchev–Trinajstić information content (AvgIpc) is 2.47. The van der Waals surface area contributed by atoms with Gasteiger partial charge in [-0.15, -0.1) is 0 Å². The molecular weight excluding hydrogens is 268 g/mol. The molecular formula is C17H15ClN2. The second-order valence-corrected chi connectivity index (χ2v) is 5.60. The summed E-state index contributed by atoms with van der Waals surface area (Å²) in [6.45, 7) is 4.35. The van der Waals surface area contributed by atoms with Crippen LogP contribution in [0.2, 0.25) is 5.02 Å². The summed E-state index contributed by atoms with van der Waals surface area (Å²) in [5.74, 6) is 0.497. The third kappa shape index (κ3) is 2.52. The van der Waals surface area contributed by atoms with E-state index in [0.29, 0.717) is 5.92 Å². The Labute approximate surface area is 123 Å². The zero-order chi connectivity index (χ0) is 14.1. The second kappa shape index (κ2) is 5.22. The number of nitrogens with zero attached hydrogens (tertiary/aromatic N) is 2. The third-order valence-corrected chi connectivity index (χ3v) is 3.62. The van der Waals surface area contributed by atoms with E-state index in [1.165, 1.54) is 5.56 Å². The molecule has 0 atom stereocenters. The topological polar surface area (TPSA) is 25.8 Å². The van der Waals surface area contributed by atoms with Crippen molar-refractivity contribution in [3.63, 3.8) is 0 Å². The Hall–Kier alpha value is -1.93. The normalized spacial score (nSPS) is 11.2. The van der Waals surface area contributed by atoms with Gasteiger partial charge in [0.25, 0.3) is 0 Å². The van der Waals surface area contributed by atoms with E-state index in [4.69, 9.17) is 11.6 Å². The summed E-state index contributed by atoms with van der Waals surface area (Å²) in [6, 6.07) is 13.9. The van der Waals surface area contributed by atoms with Gasteiger partial charge in [0.2, 0.25) is 0 Å². The minimum absolute atomic E-state index is 0.497. The van der Waals surface area contributed by atoms with E-state index in [0.717, 1.165) is 27.3 Å². The zero-order valence-corrected chi connectivity index (χ0v) is 12.2. The predicted molar refractivity (Wildman–Crippen MR) is 84.1 cm³/mol. The number of hydrogen-bond acceptors (Lipinski definition) is 2. The van der Waals surface area contributed by atoms with Gasteiger partial charge in [-0.05, 0) is 35.7 Å². The first-order valence-corrected chi connectivity index (χ1v) is 7.04. The van der Waals surface area contributed by atoms with E-state index in [1.807, 2.05) is 36.5 Å². The van der Waals surface area contributed by atoms with Crippen molar-refractivity contribution in [2.45, 2.75) is 19.8 Å². The van der Waals surface area contributed by atoms with E-state index in [1.54, 1.807) is 0 Å². The summed E-state index contributed by atoms with van der Waals surface area (Å²) < 4.78 is 0. The van der Waals surface area contributed by atoms with Crippen LogP contribution in [0.3, 0.4) is 0 Å². The summed E-state index contributed by atoms with van der Waals surface area (Å²) >= 11 is 5.91. The first-order chi connectivity index (χ1) is 9.63. The van der Waals surface area contributed by atoms with Crippen LogP contribution in [0.1, 0.15) is 25.3 Å². The van der Waals surface area contributed by atoms with E-state index in [-0.39, 0.29) is 0 Å². The van der Waals surface area contributed by atoms with Crippen molar-refractivity contribution >= 4 is 22.6 Å². The fraction of sp³-hybridized carbons (Fsp3) is 0.176. The molecule has 0 saturated heterocycles. The van der Waals surface area contributed by atoms with Gasteiger partial charge in [-0.25, -0.2) is 4.98 Å². The molecule has 100 valence electrons. The highest BCUT2D eigenvalue weighted by Crippen LogP contribution is 2.23. The van der Waals surface area contributed by atoms with Crippen LogP contribution in [0.25, 0.3) is 22.3 Å². The predicted octanol–water partition coefficient (Wildman–Crippen LogP) is 5.07. The van der Waals surface area contributed by atoms with Gasteiger partial charge < -0.3 is 0 Å². The fourth-order valence-corrected chi connectivity index (χ4v) is 2.27. The van der Waals surface area contributed by atoms with Crippen molar-refractivity contribution in [2.75, 3.05) is 0 Å². The van der Waals surface area contributed by atoms with E-state index < -0.39 is 0 Å². The molecule has 3 heteroatoms. The number of hydrogen-bond donors (Lipinski definition) is 0. The van der Waals surface area contributed by atoms with Crippen LogP contribution in [0.4, 0.5) is 0 Å². The molecule has 0 unspecified atom stereocenters. The molecule has 0 N–H and O–H groups in total. The molecule has 0 aliphatic heterocycles. The maximum absolute atomic E-state index is 5.91. The van der Waals surface area contributed by atoms with Gasteiger partial charge in [-0.2, -0.15) is 0 Å². The molecule has 3 rings (SSSR count). The number of fused-ring (bicyclic) bond motifs is 1. The number of benzene rings is 2. The average molecular weight is 283 g/mol. The van der Waals surface area contributed by atoms with Crippen molar-refractivity contribution < 1.29 is 0 Å². The van der Waals surface area contributed by atoms with Crippen molar-refractivity contribution in [3.05, 3.63) is 59.2 Å². The molecule has 0 aliphatic rings. The Morgan fingerprint density at radius 2 is 1.70 bits per heavy atom. The molecule has 0 bridgehead atoms. The summed E-state index contributed by atoms with van der Waals surface area (Å²) in [4.78, 5) is 9.20. The quantitative estimate of drug-likeness (QED) is 0.655. The fourth-order valence-electron chi connectivity index (χ4n) is 2.15. The molecule has 0 aliphatic carbocycles. The number of halogens is 1. The van der Waals surface area contributed by atoms with Gasteiger partial charge in [0.1, 0.15) is 0 Å². The molecule has 2 nitrogen and oxygen atoms in total. The molecule has 0 fully saturated rings. The van der Waals surface area contributed by atoms with E-state index >= 15 is 0 Å². The van der Waals surface area contributed by atoms with Crippen LogP contribution in [0, 0.1) is 0 Å². The van der Waals surface area contributed by atoms with Gasteiger partial charge in [0.05, 0.1) is 22.9 Å². The van der Waals surface area contributed by atoms with Crippen LogP contribution in [-0.4, -0.2) is 9.97 Å². The molecule has 0 radical (unpaired) electrons. The Morgan fingerprint density at radius 3 is 2.40 bits per heavy atom. The lowest BCUT2D eigenvalue weighted by atomic mass is 10.0. The molecule has 0 saturated carbocycles. The highest BCUT2D eigenvalue weighted by molar-refractivity contribution is 6.30. The standard InChI is InChI=1S/C17H15ClN2/c1-11(2)13-5-8-15-16(9-13)19-10-17(20-15)12-3-6-14(18)7-4-12/h3-11H,1-2H3. The van der Waals surface area contributed by atoms with Crippen LogP contribution in [0.5, 0.6) is 0 Å². The molecule has 2 aromatic carbocycles. The van der Waals surface area contributed by atoms with E-state index in [9.17, 15) is 0 Å². The highest BCUT2D eigenvalue weighted by Gasteiger charge is 2.05. The van der Waals surface area contributed by atoms with Crippen molar-refractivity contribution in [1.82, 2.24) is 9.97 Å². The summed E-state index contributed by atoms with van der Waals surface area (Å²) in [5.41, 5.74) is 5.03. The molecule has 1 heterocycles. The number of rotatable bonds is 2. The van der Waals surface area contributed by atoms with Crippen molar-refractivity contribution in [1.29, 1.82) is 0 Å². The molecule has 3 aromatic rings. The van der Waals surface area contributed by atoms with Gasteiger partial charge >= 0.3 is 0 Å². The summed E-state index contributed by atoms with van der Waals surface area (Å²) in [7, 11) is 0. The Bertz CT molecular complexity index is 749. The third-order valence-electron chi connectivity index (χ3n) is 3.37. The van der Waals surface area contributed by atoms with E-state index in [2.05, 4.69) is 35.9 Å². The minimum Gasteiger partial charge on any atom is -0.252 e.